The van der Waals surface area contributed by atoms with E-state index in [0.717, 1.165) is 22.2 Å². The van der Waals surface area contributed by atoms with Crippen molar-refractivity contribution in [2.45, 2.75) is 19.9 Å². The second-order valence-electron chi connectivity index (χ2n) is 6.65. The van der Waals surface area contributed by atoms with Gasteiger partial charge in [0.1, 0.15) is 6.54 Å². The third-order valence-electron chi connectivity index (χ3n) is 4.62. The number of carbonyl (C=O) groups excluding carboxylic acids is 2. The molecule has 7 heteroatoms. The van der Waals surface area contributed by atoms with E-state index in [1.54, 1.807) is 14.2 Å². The predicted octanol–water partition coefficient (Wildman–Crippen LogP) is 2.98. The number of nitrogens with one attached hydrogen (secondary N) is 2. The number of hydrogen-bond donors (Lipinski definition) is 2. The average molecular weight is 395 g/mol. The fourth-order valence-electron chi connectivity index (χ4n) is 3.25. The quantitative estimate of drug-likeness (QED) is 0.614. The number of aromatic nitrogens is 1. The van der Waals surface area contributed by atoms with Crippen molar-refractivity contribution >= 4 is 28.4 Å². The zero-order chi connectivity index (χ0) is 20.8. The van der Waals surface area contributed by atoms with Gasteiger partial charge in [-0.05, 0) is 42.3 Å². The first-order valence-electron chi connectivity index (χ1n) is 9.35. The van der Waals surface area contributed by atoms with Crippen molar-refractivity contribution < 1.29 is 19.1 Å². The molecule has 0 aliphatic rings. The van der Waals surface area contributed by atoms with E-state index < -0.39 is 0 Å². The fraction of sp³-hybridized carbons (Fsp3) is 0.273. The van der Waals surface area contributed by atoms with Crippen LogP contribution in [0.25, 0.3) is 10.9 Å². The van der Waals surface area contributed by atoms with Crippen LogP contribution < -0.4 is 20.1 Å². The van der Waals surface area contributed by atoms with Crippen LogP contribution in [-0.2, 0) is 22.6 Å². The summed E-state index contributed by atoms with van der Waals surface area (Å²) in [7, 11) is 3.20. The lowest BCUT2D eigenvalue weighted by atomic mass is 10.1. The molecule has 0 radical (unpaired) electrons. The van der Waals surface area contributed by atoms with E-state index in [1.165, 1.54) is 6.92 Å². The van der Waals surface area contributed by atoms with E-state index in [4.69, 9.17) is 9.47 Å². The summed E-state index contributed by atoms with van der Waals surface area (Å²) in [5, 5.41) is 6.66. The second-order valence-corrected chi connectivity index (χ2v) is 6.65. The summed E-state index contributed by atoms with van der Waals surface area (Å²) >= 11 is 0. The largest absolute Gasteiger partial charge is 0.493 e. The van der Waals surface area contributed by atoms with Crippen molar-refractivity contribution in [2.24, 2.45) is 0 Å². The monoisotopic (exact) mass is 395 g/mol. The van der Waals surface area contributed by atoms with E-state index in [2.05, 4.69) is 10.6 Å². The Hall–Kier alpha value is -3.48. The molecule has 0 aliphatic heterocycles. The van der Waals surface area contributed by atoms with E-state index in [9.17, 15) is 9.59 Å². The van der Waals surface area contributed by atoms with Gasteiger partial charge in [0.2, 0.25) is 11.8 Å². The SMILES string of the molecule is COc1ccc(CCNC(=O)Cn2ccc3c(NC(C)=O)cccc32)cc1OC. The molecule has 3 aromatic rings. The van der Waals surface area contributed by atoms with Crippen molar-refractivity contribution in [3.8, 4) is 11.5 Å². The zero-order valence-corrected chi connectivity index (χ0v) is 16.8. The number of methoxy groups -OCH3 is 2. The second kappa shape index (κ2) is 9.14. The minimum Gasteiger partial charge on any atom is -0.493 e. The van der Waals surface area contributed by atoms with Gasteiger partial charge < -0.3 is 24.7 Å². The van der Waals surface area contributed by atoms with Crippen LogP contribution in [-0.4, -0.2) is 37.1 Å². The number of nitrogens with zero attached hydrogens (tertiary/aromatic N) is 1. The average Bonchev–Trinajstić information content (AvgIpc) is 3.11. The molecule has 1 aromatic heterocycles. The Morgan fingerprint density at radius 2 is 1.83 bits per heavy atom. The van der Waals surface area contributed by atoms with Crippen LogP contribution >= 0.6 is 0 Å². The van der Waals surface area contributed by atoms with Gasteiger partial charge in [-0.15, -0.1) is 0 Å². The van der Waals surface area contributed by atoms with Gasteiger partial charge in [0.05, 0.1) is 25.4 Å². The highest BCUT2D eigenvalue weighted by Gasteiger charge is 2.10. The summed E-state index contributed by atoms with van der Waals surface area (Å²) in [5.41, 5.74) is 2.68. The number of anilines is 1. The summed E-state index contributed by atoms with van der Waals surface area (Å²) in [6, 6.07) is 13.3. The zero-order valence-electron chi connectivity index (χ0n) is 16.8. The van der Waals surface area contributed by atoms with Crippen LogP contribution in [0.4, 0.5) is 5.69 Å². The molecule has 1 heterocycles. The minimum atomic E-state index is -0.127. The standard InChI is InChI=1S/C22H25N3O4/c1-15(26)24-18-5-4-6-19-17(18)10-12-25(19)14-22(27)23-11-9-16-7-8-20(28-2)21(13-16)29-3/h4-8,10,12-13H,9,11,14H2,1-3H3,(H,23,27)(H,24,26). The van der Waals surface area contributed by atoms with Crippen LogP contribution in [0.2, 0.25) is 0 Å². The fourth-order valence-corrected chi connectivity index (χ4v) is 3.25. The van der Waals surface area contributed by atoms with Crippen molar-refractivity contribution in [2.75, 3.05) is 26.1 Å². The molecule has 2 aromatic carbocycles. The van der Waals surface area contributed by atoms with E-state index in [0.29, 0.717) is 24.5 Å². The van der Waals surface area contributed by atoms with Crippen molar-refractivity contribution in [3.63, 3.8) is 0 Å². The lowest BCUT2D eigenvalue weighted by Gasteiger charge is -2.11. The summed E-state index contributed by atoms with van der Waals surface area (Å²) < 4.78 is 12.4. The molecule has 2 amide bonds. The lowest BCUT2D eigenvalue weighted by molar-refractivity contribution is -0.121. The first-order valence-corrected chi connectivity index (χ1v) is 9.35. The van der Waals surface area contributed by atoms with Crippen molar-refractivity contribution in [3.05, 3.63) is 54.2 Å². The highest BCUT2D eigenvalue weighted by atomic mass is 16.5. The molecular formula is C22H25N3O4. The van der Waals surface area contributed by atoms with Crippen LogP contribution in [0.1, 0.15) is 12.5 Å². The van der Waals surface area contributed by atoms with Gasteiger partial charge in [0, 0.05) is 25.1 Å². The Labute approximate surface area is 169 Å². The summed E-state index contributed by atoms with van der Waals surface area (Å²) in [5.74, 6) is 1.15. The van der Waals surface area contributed by atoms with Gasteiger partial charge in [-0.3, -0.25) is 9.59 Å². The molecular weight excluding hydrogens is 370 g/mol. The van der Waals surface area contributed by atoms with Gasteiger partial charge in [-0.25, -0.2) is 0 Å². The molecule has 0 atom stereocenters. The van der Waals surface area contributed by atoms with E-state index in [1.807, 2.05) is 53.2 Å². The Balaban J connectivity index is 1.59. The number of benzene rings is 2. The Morgan fingerprint density at radius 3 is 2.55 bits per heavy atom. The van der Waals surface area contributed by atoms with Crippen LogP contribution in [0.3, 0.4) is 0 Å². The van der Waals surface area contributed by atoms with Gasteiger partial charge >= 0.3 is 0 Å². The summed E-state index contributed by atoms with van der Waals surface area (Å²) in [6.07, 6.45) is 2.54. The molecule has 3 rings (SSSR count). The minimum absolute atomic E-state index is 0.0760. The molecule has 7 nitrogen and oxygen atoms in total. The van der Waals surface area contributed by atoms with Crippen LogP contribution in [0, 0.1) is 0 Å². The number of rotatable bonds is 8. The smallest absolute Gasteiger partial charge is 0.239 e. The lowest BCUT2D eigenvalue weighted by Crippen LogP contribution is -2.29. The molecule has 0 saturated carbocycles. The molecule has 0 spiro atoms. The molecule has 0 unspecified atom stereocenters. The predicted molar refractivity (Wildman–Crippen MR) is 113 cm³/mol. The van der Waals surface area contributed by atoms with Crippen LogP contribution in [0.5, 0.6) is 11.5 Å². The molecule has 29 heavy (non-hydrogen) atoms. The first-order chi connectivity index (χ1) is 14.0. The molecule has 2 N–H and O–H groups in total. The summed E-state index contributed by atoms with van der Waals surface area (Å²) in [6.45, 7) is 2.20. The number of fused-ring (bicyclic) bond motifs is 1. The Morgan fingerprint density at radius 1 is 1.03 bits per heavy atom. The highest BCUT2D eigenvalue weighted by molar-refractivity contribution is 6.01. The molecule has 0 bridgehead atoms. The number of ether oxygens (including phenoxy) is 2. The number of carbonyl (C=O) groups is 2. The first kappa shape index (κ1) is 20.3. The maximum Gasteiger partial charge on any atom is 0.239 e. The van der Waals surface area contributed by atoms with E-state index in [-0.39, 0.29) is 18.4 Å². The van der Waals surface area contributed by atoms with Crippen molar-refractivity contribution in [1.29, 1.82) is 0 Å². The third-order valence-corrected chi connectivity index (χ3v) is 4.62. The highest BCUT2D eigenvalue weighted by Crippen LogP contribution is 2.27. The Kier molecular flexibility index (Phi) is 6.39. The maximum atomic E-state index is 12.4. The number of hydrogen-bond acceptors (Lipinski definition) is 4. The van der Waals surface area contributed by atoms with Gasteiger partial charge in [0.15, 0.2) is 11.5 Å². The van der Waals surface area contributed by atoms with E-state index >= 15 is 0 Å². The number of amides is 2. The molecule has 152 valence electrons. The summed E-state index contributed by atoms with van der Waals surface area (Å²) in [4.78, 5) is 23.7. The molecule has 0 fully saturated rings. The molecule has 0 saturated heterocycles. The molecule has 0 aliphatic carbocycles. The van der Waals surface area contributed by atoms with Gasteiger partial charge in [-0.2, -0.15) is 0 Å². The third kappa shape index (κ3) is 4.87. The Bertz CT molecular complexity index is 1030. The van der Waals surface area contributed by atoms with Gasteiger partial charge in [0.25, 0.3) is 0 Å². The normalized spacial score (nSPS) is 10.6. The maximum absolute atomic E-state index is 12.4. The van der Waals surface area contributed by atoms with Gasteiger partial charge in [-0.1, -0.05) is 12.1 Å². The van der Waals surface area contributed by atoms with Crippen LogP contribution in [0.15, 0.2) is 48.7 Å². The van der Waals surface area contributed by atoms with Crippen molar-refractivity contribution in [1.82, 2.24) is 9.88 Å². The topological polar surface area (TPSA) is 81.6 Å².